The Labute approximate surface area is 131 Å². The highest BCUT2D eigenvalue weighted by atomic mass is 16.3. The van der Waals surface area contributed by atoms with Crippen molar-refractivity contribution >= 4 is 5.91 Å². The summed E-state index contributed by atoms with van der Waals surface area (Å²) in [5.41, 5.74) is -0.414. The molecule has 3 rings (SSSR count). The molecule has 6 nitrogen and oxygen atoms in total. The molecule has 1 amide bonds. The lowest BCUT2D eigenvalue weighted by Crippen LogP contribution is -2.58. The molecule has 1 aromatic heterocycles. The van der Waals surface area contributed by atoms with Gasteiger partial charge in [-0.1, -0.05) is 6.42 Å². The largest absolute Gasteiger partial charge is 0.379 e. The number of carbonyl (C=O) groups excluding carboxylic acids is 1. The summed E-state index contributed by atoms with van der Waals surface area (Å²) in [5, 5.41) is 13.9. The Hall–Kier alpha value is -1.53. The summed E-state index contributed by atoms with van der Waals surface area (Å²) in [4.78, 5) is 22.4. The number of hydrogen-bond donors (Lipinski definition) is 2. The van der Waals surface area contributed by atoms with Crippen molar-refractivity contribution in [2.24, 2.45) is 5.92 Å². The molecule has 1 atom stereocenters. The molecule has 1 aliphatic carbocycles. The third-order valence-corrected chi connectivity index (χ3v) is 4.77. The molecule has 6 heteroatoms. The van der Waals surface area contributed by atoms with Crippen LogP contribution in [-0.4, -0.2) is 51.1 Å². The van der Waals surface area contributed by atoms with Gasteiger partial charge in [0, 0.05) is 32.4 Å². The zero-order valence-electron chi connectivity index (χ0n) is 12.9. The Bertz CT molecular complexity index is 506. The average molecular weight is 304 g/mol. The molecule has 0 radical (unpaired) electrons. The van der Waals surface area contributed by atoms with E-state index in [9.17, 15) is 9.90 Å². The summed E-state index contributed by atoms with van der Waals surface area (Å²) < 4.78 is 0. The number of rotatable bonds is 6. The molecule has 1 aliphatic heterocycles. The lowest BCUT2D eigenvalue weighted by molar-refractivity contribution is -0.157. The van der Waals surface area contributed by atoms with Crippen molar-refractivity contribution in [2.75, 3.05) is 19.6 Å². The summed E-state index contributed by atoms with van der Waals surface area (Å²) in [6, 6.07) is 1.82. The van der Waals surface area contributed by atoms with E-state index in [-0.39, 0.29) is 12.5 Å². The summed E-state index contributed by atoms with van der Waals surface area (Å²) in [7, 11) is 0. The number of nitrogens with zero attached hydrogens (tertiary/aromatic N) is 3. The Kier molecular flexibility index (Phi) is 4.69. The first-order valence-corrected chi connectivity index (χ1v) is 8.15. The van der Waals surface area contributed by atoms with E-state index >= 15 is 0 Å². The molecule has 2 N–H and O–H groups in total. The lowest BCUT2D eigenvalue weighted by atomic mass is 9.83. The van der Waals surface area contributed by atoms with E-state index in [0.717, 1.165) is 25.2 Å². The minimum atomic E-state index is -1.27. The Morgan fingerprint density at radius 3 is 2.95 bits per heavy atom. The minimum Gasteiger partial charge on any atom is -0.379 e. The first kappa shape index (κ1) is 15.4. The molecule has 0 aromatic carbocycles. The Morgan fingerprint density at radius 1 is 1.41 bits per heavy atom. The van der Waals surface area contributed by atoms with Crippen LogP contribution in [0.4, 0.5) is 0 Å². The second-order valence-corrected chi connectivity index (χ2v) is 6.49. The fraction of sp³-hybridized carbons (Fsp3) is 0.688. The summed E-state index contributed by atoms with van der Waals surface area (Å²) in [6.45, 7) is 2.40. The third kappa shape index (κ3) is 3.44. The van der Waals surface area contributed by atoms with Gasteiger partial charge in [-0.3, -0.25) is 4.79 Å². The topological polar surface area (TPSA) is 78.4 Å². The van der Waals surface area contributed by atoms with Crippen LogP contribution in [0.5, 0.6) is 0 Å². The van der Waals surface area contributed by atoms with Gasteiger partial charge in [0.2, 0.25) is 0 Å². The zero-order chi connectivity index (χ0) is 15.4. The van der Waals surface area contributed by atoms with Crippen LogP contribution in [-0.2, 0) is 11.3 Å². The first-order valence-electron chi connectivity index (χ1n) is 8.15. The maximum atomic E-state index is 12.6. The Balaban J connectivity index is 1.52. The molecule has 1 unspecified atom stereocenters. The van der Waals surface area contributed by atoms with Crippen molar-refractivity contribution in [1.82, 2.24) is 20.2 Å². The van der Waals surface area contributed by atoms with Crippen LogP contribution in [0.25, 0.3) is 0 Å². The second-order valence-electron chi connectivity index (χ2n) is 6.49. The maximum Gasteiger partial charge on any atom is 0.255 e. The molecule has 0 spiro atoms. The van der Waals surface area contributed by atoms with Gasteiger partial charge in [-0.25, -0.2) is 9.97 Å². The fourth-order valence-electron chi connectivity index (χ4n) is 3.21. The van der Waals surface area contributed by atoms with E-state index in [1.165, 1.54) is 25.6 Å². The fourth-order valence-corrected chi connectivity index (χ4v) is 3.21. The van der Waals surface area contributed by atoms with Crippen LogP contribution < -0.4 is 5.32 Å². The van der Waals surface area contributed by atoms with Crippen LogP contribution in [0.1, 0.15) is 37.8 Å². The van der Waals surface area contributed by atoms with E-state index in [1.807, 2.05) is 11.0 Å². The monoisotopic (exact) mass is 304 g/mol. The van der Waals surface area contributed by atoms with Crippen LogP contribution in [0.2, 0.25) is 0 Å². The van der Waals surface area contributed by atoms with E-state index in [4.69, 9.17) is 0 Å². The predicted molar refractivity (Wildman–Crippen MR) is 81.8 cm³/mol. The molecule has 2 heterocycles. The first-order chi connectivity index (χ1) is 10.7. The molecule has 22 heavy (non-hydrogen) atoms. The van der Waals surface area contributed by atoms with Gasteiger partial charge in [0.15, 0.2) is 5.60 Å². The Morgan fingerprint density at radius 2 is 2.27 bits per heavy atom. The molecule has 1 aromatic rings. The number of aliphatic hydroxyl groups is 1. The van der Waals surface area contributed by atoms with Crippen LogP contribution in [0.15, 0.2) is 18.6 Å². The zero-order valence-corrected chi connectivity index (χ0v) is 12.9. The molecule has 0 bridgehead atoms. The number of piperidine rings is 1. The van der Waals surface area contributed by atoms with E-state index in [0.29, 0.717) is 18.9 Å². The van der Waals surface area contributed by atoms with Gasteiger partial charge >= 0.3 is 0 Å². The highest BCUT2D eigenvalue weighted by Crippen LogP contribution is 2.30. The van der Waals surface area contributed by atoms with Crippen molar-refractivity contribution in [3.63, 3.8) is 0 Å². The average Bonchev–Trinajstić information content (AvgIpc) is 2.48. The van der Waals surface area contributed by atoms with Gasteiger partial charge in [0.1, 0.15) is 6.33 Å². The van der Waals surface area contributed by atoms with Gasteiger partial charge in [0.25, 0.3) is 5.91 Å². The molecular formula is C16H24N4O2. The van der Waals surface area contributed by atoms with Crippen molar-refractivity contribution in [3.05, 3.63) is 24.3 Å². The van der Waals surface area contributed by atoms with Crippen LogP contribution in [0.3, 0.4) is 0 Å². The maximum absolute atomic E-state index is 12.6. The highest BCUT2D eigenvalue weighted by molar-refractivity contribution is 5.86. The molecular weight excluding hydrogens is 280 g/mol. The number of amides is 1. The summed E-state index contributed by atoms with van der Waals surface area (Å²) >= 11 is 0. The number of carbonyl (C=O) groups is 1. The number of aromatic nitrogens is 2. The van der Waals surface area contributed by atoms with Crippen molar-refractivity contribution in [3.8, 4) is 0 Å². The van der Waals surface area contributed by atoms with Gasteiger partial charge in [0.05, 0.1) is 5.69 Å². The molecule has 120 valence electrons. The number of hydrogen-bond acceptors (Lipinski definition) is 5. The highest BCUT2D eigenvalue weighted by Gasteiger charge is 2.42. The van der Waals surface area contributed by atoms with E-state index in [2.05, 4.69) is 15.3 Å². The normalized spacial score (nSPS) is 26.0. The number of nitrogens with one attached hydrogen (secondary N) is 1. The molecule has 1 saturated heterocycles. The summed E-state index contributed by atoms with van der Waals surface area (Å²) in [5.74, 6) is 0.529. The molecule has 1 saturated carbocycles. The van der Waals surface area contributed by atoms with Gasteiger partial charge in [-0.15, -0.1) is 0 Å². The van der Waals surface area contributed by atoms with E-state index < -0.39 is 5.60 Å². The smallest absolute Gasteiger partial charge is 0.255 e. The predicted octanol–water partition coefficient (Wildman–Crippen LogP) is 0.720. The molecule has 2 fully saturated rings. The lowest BCUT2D eigenvalue weighted by Gasteiger charge is -2.41. The van der Waals surface area contributed by atoms with Gasteiger partial charge in [-0.05, 0) is 37.7 Å². The van der Waals surface area contributed by atoms with Gasteiger partial charge in [-0.2, -0.15) is 0 Å². The SMILES string of the molecule is O=C1N(CC2CCC2)CCCC1(O)CNCc1ccncn1. The van der Waals surface area contributed by atoms with E-state index in [1.54, 1.807) is 6.20 Å². The van der Waals surface area contributed by atoms with Crippen molar-refractivity contribution in [1.29, 1.82) is 0 Å². The van der Waals surface area contributed by atoms with Crippen LogP contribution >= 0.6 is 0 Å². The number of likely N-dealkylation sites (tertiary alicyclic amines) is 1. The van der Waals surface area contributed by atoms with Crippen molar-refractivity contribution in [2.45, 2.75) is 44.2 Å². The second kappa shape index (κ2) is 6.71. The summed E-state index contributed by atoms with van der Waals surface area (Å²) in [6.07, 6.45) is 8.29. The minimum absolute atomic E-state index is 0.110. The third-order valence-electron chi connectivity index (χ3n) is 4.77. The van der Waals surface area contributed by atoms with Crippen LogP contribution in [0, 0.1) is 5.92 Å². The van der Waals surface area contributed by atoms with Gasteiger partial charge < -0.3 is 15.3 Å². The molecule has 2 aliphatic rings. The quantitative estimate of drug-likeness (QED) is 0.810. The standard InChI is InChI=1S/C16H24N4O2/c21-15-16(22,11-18-9-14-5-7-17-12-19-14)6-2-8-20(15)10-13-3-1-4-13/h5,7,12-13,18,22H,1-4,6,8-11H2. The van der Waals surface area contributed by atoms with Crippen molar-refractivity contribution < 1.29 is 9.90 Å².